The van der Waals surface area contributed by atoms with E-state index in [0.29, 0.717) is 24.1 Å². The van der Waals surface area contributed by atoms with Crippen LogP contribution in [0.1, 0.15) is 18.2 Å². The van der Waals surface area contributed by atoms with E-state index in [-0.39, 0.29) is 5.82 Å². The highest BCUT2D eigenvalue weighted by Gasteiger charge is 2.07. The topological polar surface area (TPSA) is 64.9 Å². The number of rotatable bonds is 6. The molecule has 0 radical (unpaired) electrons. The lowest BCUT2D eigenvalue weighted by molar-refractivity contribution is 0.460. The lowest BCUT2D eigenvalue weighted by Gasteiger charge is -2.07. The Labute approximate surface area is 139 Å². The monoisotopic (exact) mass is 327 g/mol. The van der Waals surface area contributed by atoms with E-state index in [1.807, 2.05) is 13.2 Å². The first-order valence-electron chi connectivity index (χ1n) is 7.66. The molecule has 0 saturated carbocycles. The van der Waals surface area contributed by atoms with Gasteiger partial charge in [0.2, 0.25) is 11.8 Å². The van der Waals surface area contributed by atoms with Gasteiger partial charge in [-0.3, -0.25) is 4.68 Å². The van der Waals surface area contributed by atoms with Gasteiger partial charge in [0.05, 0.1) is 5.69 Å². The zero-order valence-corrected chi connectivity index (χ0v) is 13.5. The molecular formula is C17H18FN5O. The third-order valence-electron chi connectivity index (χ3n) is 3.43. The molecular weight excluding hydrogens is 309 g/mol. The minimum Gasteiger partial charge on any atom is -0.439 e. The molecule has 6 nitrogen and oxygen atoms in total. The van der Waals surface area contributed by atoms with Gasteiger partial charge in [0, 0.05) is 37.6 Å². The summed E-state index contributed by atoms with van der Waals surface area (Å²) in [6, 6.07) is 7.42. The third-order valence-corrected chi connectivity index (χ3v) is 3.43. The summed E-state index contributed by atoms with van der Waals surface area (Å²) in [5.74, 6) is 1.05. The predicted molar refractivity (Wildman–Crippen MR) is 88.4 cm³/mol. The Hall–Kier alpha value is -2.96. The Morgan fingerprint density at radius 2 is 2.00 bits per heavy atom. The lowest BCUT2D eigenvalue weighted by Crippen LogP contribution is -2.05. The molecule has 0 aliphatic rings. The van der Waals surface area contributed by atoms with E-state index >= 15 is 0 Å². The fourth-order valence-corrected chi connectivity index (χ4v) is 2.31. The number of anilines is 1. The predicted octanol–water partition coefficient (Wildman–Crippen LogP) is 3.32. The van der Waals surface area contributed by atoms with E-state index < -0.39 is 0 Å². The van der Waals surface area contributed by atoms with Crippen LogP contribution < -0.4 is 10.1 Å². The van der Waals surface area contributed by atoms with Crippen LogP contribution in [0.4, 0.5) is 10.3 Å². The van der Waals surface area contributed by atoms with E-state index in [2.05, 4.69) is 27.3 Å². The number of aromatic nitrogens is 4. The zero-order chi connectivity index (χ0) is 16.9. The van der Waals surface area contributed by atoms with Crippen LogP contribution in [0.25, 0.3) is 0 Å². The van der Waals surface area contributed by atoms with Gasteiger partial charge in [-0.05, 0) is 30.7 Å². The number of ether oxygens (including phenoxy) is 1. The summed E-state index contributed by atoms with van der Waals surface area (Å²) in [7, 11) is 1.90. The molecule has 124 valence electrons. The van der Waals surface area contributed by atoms with Gasteiger partial charge in [0.1, 0.15) is 11.6 Å². The van der Waals surface area contributed by atoms with E-state index in [0.717, 1.165) is 17.7 Å². The van der Waals surface area contributed by atoms with Crippen LogP contribution in [-0.4, -0.2) is 19.7 Å². The largest absolute Gasteiger partial charge is 0.439 e. The number of nitrogens with zero attached hydrogens (tertiary/aromatic N) is 4. The van der Waals surface area contributed by atoms with Gasteiger partial charge < -0.3 is 10.1 Å². The summed E-state index contributed by atoms with van der Waals surface area (Å²) in [6.45, 7) is 2.65. The van der Waals surface area contributed by atoms with Gasteiger partial charge in [-0.2, -0.15) is 10.1 Å². The standard InChI is InChI=1S/C17H18FN5O/c1-3-15-12(11-23(2)22-15)10-20-17-19-9-8-16(21-17)24-14-6-4-13(18)5-7-14/h4-9,11H,3,10H2,1-2H3,(H,19,20,21). The van der Waals surface area contributed by atoms with Crippen molar-refractivity contribution in [1.29, 1.82) is 0 Å². The van der Waals surface area contributed by atoms with Gasteiger partial charge in [0.25, 0.3) is 0 Å². The number of nitrogens with one attached hydrogen (secondary N) is 1. The number of aryl methyl sites for hydroxylation is 2. The zero-order valence-electron chi connectivity index (χ0n) is 13.5. The molecule has 0 aliphatic carbocycles. The van der Waals surface area contributed by atoms with E-state index in [9.17, 15) is 4.39 Å². The van der Waals surface area contributed by atoms with Crippen LogP contribution in [0.2, 0.25) is 0 Å². The molecule has 1 N–H and O–H groups in total. The molecule has 0 bridgehead atoms. The summed E-state index contributed by atoms with van der Waals surface area (Å²) >= 11 is 0. The molecule has 3 rings (SSSR count). The molecule has 0 unspecified atom stereocenters. The molecule has 2 aromatic heterocycles. The Bertz CT molecular complexity index is 816. The molecule has 0 saturated heterocycles. The number of benzene rings is 1. The van der Waals surface area contributed by atoms with Crippen LogP contribution in [0, 0.1) is 5.82 Å². The summed E-state index contributed by atoms with van der Waals surface area (Å²) in [6.07, 6.45) is 4.45. The van der Waals surface area contributed by atoms with Crippen molar-refractivity contribution in [2.45, 2.75) is 19.9 Å². The SMILES string of the molecule is CCc1nn(C)cc1CNc1nccc(Oc2ccc(F)cc2)n1. The van der Waals surface area contributed by atoms with Crippen molar-refractivity contribution in [2.24, 2.45) is 7.05 Å². The van der Waals surface area contributed by atoms with Crippen molar-refractivity contribution < 1.29 is 9.13 Å². The molecule has 0 atom stereocenters. The van der Waals surface area contributed by atoms with Crippen LogP contribution in [0.3, 0.4) is 0 Å². The average Bonchev–Trinajstić information content (AvgIpc) is 2.95. The van der Waals surface area contributed by atoms with E-state index in [1.165, 1.54) is 12.1 Å². The molecule has 7 heteroatoms. The second kappa shape index (κ2) is 7.08. The molecule has 0 fully saturated rings. The second-order valence-electron chi connectivity index (χ2n) is 5.26. The summed E-state index contributed by atoms with van der Waals surface area (Å²) < 4.78 is 20.3. The Morgan fingerprint density at radius 3 is 2.75 bits per heavy atom. The Kier molecular flexibility index (Phi) is 4.69. The molecule has 0 spiro atoms. The van der Waals surface area contributed by atoms with Gasteiger partial charge in [0.15, 0.2) is 0 Å². The molecule has 0 aliphatic heterocycles. The van der Waals surface area contributed by atoms with Gasteiger partial charge >= 0.3 is 0 Å². The highest BCUT2D eigenvalue weighted by molar-refractivity contribution is 5.33. The fraction of sp³-hybridized carbons (Fsp3) is 0.235. The van der Waals surface area contributed by atoms with Crippen LogP contribution in [-0.2, 0) is 20.0 Å². The number of halogens is 1. The van der Waals surface area contributed by atoms with E-state index in [1.54, 1.807) is 29.1 Å². The van der Waals surface area contributed by atoms with Gasteiger partial charge in [-0.15, -0.1) is 0 Å². The second-order valence-corrected chi connectivity index (χ2v) is 5.26. The maximum absolute atomic E-state index is 12.9. The summed E-state index contributed by atoms with van der Waals surface area (Å²) in [5, 5.41) is 7.57. The van der Waals surface area contributed by atoms with Gasteiger partial charge in [-0.25, -0.2) is 9.37 Å². The molecule has 0 amide bonds. The van der Waals surface area contributed by atoms with Crippen LogP contribution in [0.5, 0.6) is 11.6 Å². The normalized spacial score (nSPS) is 10.6. The third kappa shape index (κ3) is 3.87. The Balaban J connectivity index is 1.67. The minimum atomic E-state index is -0.310. The van der Waals surface area contributed by atoms with Crippen molar-refractivity contribution in [3.05, 3.63) is 59.8 Å². The smallest absolute Gasteiger partial charge is 0.226 e. The van der Waals surface area contributed by atoms with Crippen LogP contribution in [0.15, 0.2) is 42.7 Å². The summed E-state index contributed by atoms with van der Waals surface area (Å²) in [4.78, 5) is 8.49. The van der Waals surface area contributed by atoms with Gasteiger partial charge in [-0.1, -0.05) is 6.92 Å². The molecule has 1 aromatic carbocycles. The Morgan fingerprint density at radius 1 is 1.21 bits per heavy atom. The van der Waals surface area contributed by atoms with Crippen LogP contribution >= 0.6 is 0 Å². The summed E-state index contributed by atoms with van der Waals surface area (Å²) in [5.41, 5.74) is 2.15. The highest BCUT2D eigenvalue weighted by atomic mass is 19.1. The minimum absolute atomic E-state index is 0.310. The number of hydrogen-bond donors (Lipinski definition) is 1. The fourth-order valence-electron chi connectivity index (χ4n) is 2.31. The van der Waals surface area contributed by atoms with E-state index in [4.69, 9.17) is 4.74 Å². The molecule has 3 aromatic rings. The average molecular weight is 327 g/mol. The van der Waals surface area contributed by atoms with Crippen molar-refractivity contribution in [2.75, 3.05) is 5.32 Å². The maximum atomic E-state index is 12.9. The number of hydrogen-bond acceptors (Lipinski definition) is 5. The maximum Gasteiger partial charge on any atom is 0.226 e. The van der Waals surface area contributed by atoms with Crippen molar-refractivity contribution in [3.8, 4) is 11.6 Å². The first kappa shape index (κ1) is 15.9. The highest BCUT2D eigenvalue weighted by Crippen LogP contribution is 2.20. The lowest BCUT2D eigenvalue weighted by atomic mass is 10.2. The molecule has 2 heterocycles. The molecule has 24 heavy (non-hydrogen) atoms. The quantitative estimate of drug-likeness (QED) is 0.752. The van der Waals surface area contributed by atoms with Crippen molar-refractivity contribution >= 4 is 5.95 Å². The van der Waals surface area contributed by atoms with Crippen molar-refractivity contribution in [1.82, 2.24) is 19.7 Å². The van der Waals surface area contributed by atoms with Crippen molar-refractivity contribution in [3.63, 3.8) is 0 Å². The first-order valence-corrected chi connectivity index (χ1v) is 7.66. The first-order chi connectivity index (χ1) is 11.6.